The van der Waals surface area contributed by atoms with E-state index >= 15 is 0 Å². The Bertz CT molecular complexity index is 1200. The minimum Gasteiger partial charge on any atom is -0.325 e. The van der Waals surface area contributed by atoms with Gasteiger partial charge in [-0.05, 0) is 29.8 Å². The van der Waals surface area contributed by atoms with Crippen LogP contribution in [0.15, 0.2) is 90.3 Å². The minimum atomic E-state index is -4.80. The number of carbonyl (C=O) groups is 1. The summed E-state index contributed by atoms with van der Waals surface area (Å²) in [6.45, 7) is 0.227. The van der Waals surface area contributed by atoms with E-state index in [1.807, 2.05) is 30.3 Å². The lowest BCUT2D eigenvalue weighted by atomic mass is 10.2. The van der Waals surface area contributed by atoms with Crippen LogP contribution in [0.2, 0.25) is 0 Å². The average Bonchev–Trinajstić information content (AvgIpc) is 3.20. The monoisotopic (exact) mass is 469 g/mol. The van der Waals surface area contributed by atoms with Gasteiger partial charge in [0.25, 0.3) is 0 Å². The van der Waals surface area contributed by atoms with E-state index in [4.69, 9.17) is 0 Å². The fourth-order valence-corrected chi connectivity index (χ4v) is 3.97. The summed E-state index contributed by atoms with van der Waals surface area (Å²) in [6.07, 6.45) is -1.66. The van der Waals surface area contributed by atoms with Crippen molar-refractivity contribution in [3.05, 3.63) is 90.8 Å². The molecule has 2 aromatic heterocycles. The number of para-hydroxylation sites is 1. The average molecular weight is 469 g/mol. The first-order chi connectivity index (χ1) is 15.9. The van der Waals surface area contributed by atoms with Crippen molar-refractivity contribution in [1.82, 2.24) is 19.7 Å². The third kappa shape index (κ3) is 5.58. The van der Waals surface area contributed by atoms with E-state index in [1.165, 1.54) is 12.1 Å². The Labute approximate surface area is 191 Å². The van der Waals surface area contributed by atoms with Crippen molar-refractivity contribution in [2.45, 2.75) is 23.1 Å². The molecule has 1 atom stereocenters. The van der Waals surface area contributed by atoms with Crippen molar-refractivity contribution in [2.75, 3.05) is 5.32 Å². The molecule has 0 aliphatic carbocycles. The van der Waals surface area contributed by atoms with E-state index in [9.17, 15) is 18.0 Å². The molecule has 4 aromatic rings. The number of carbonyl (C=O) groups excluding carboxylic acids is 1. The van der Waals surface area contributed by atoms with E-state index in [2.05, 4.69) is 20.5 Å². The molecule has 0 fully saturated rings. The first-order valence-electron chi connectivity index (χ1n) is 9.88. The largest absolute Gasteiger partial charge is 0.409 e. The summed E-state index contributed by atoms with van der Waals surface area (Å²) in [4.78, 5) is 16.7. The number of anilines is 1. The summed E-state index contributed by atoms with van der Waals surface area (Å²) in [5.41, 5.74) is 1.73. The molecular weight excluding hydrogens is 451 g/mol. The van der Waals surface area contributed by atoms with Gasteiger partial charge in [-0.3, -0.25) is 14.3 Å². The number of alkyl halides is 3. The number of thioether (sulfide) groups is 1. The number of hydrogen-bond donors (Lipinski definition) is 1. The van der Waals surface area contributed by atoms with E-state index in [-0.39, 0.29) is 17.4 Å². The number of aromatic nitrogens is 4. The molecule has 0 aliphatic heterocycles. The van der Waals surface area contributed by atoms with Gasteiger partial charge >= 0.3 is 6.18 Å². The lowest BCUT2D eigenvalue weighted by Gasteiger charge is -2.19. The second kappa shape index (κ2) is 9.86. The Kier molecular flexibility index (Phi) is 6.74. The lowest BCUT2D eigenvalue weighted by Crippen LogP contribution is -2.38. The molecule has 6 nitrogen and oxygen atoms in total. The smallest absolute Gasteiger partial charge is 0.325 e. The fourth-order valence-electron chi connectivity index (χ4n) is 3.10. The van der Waals surface area contributed by atoms with Crippen molar-refractivity contribution in [3.63, 3.8) is 0 Å². The number of pyridine rings is 1. The summed E-state index contributed by atoms with van der Waals surface area (Å²) in [6, 6.07) is 20.7. The Morgan fingerprint density at radius 2 is 1.67 bits per heavy atom. The van der Waals surface area contributed by atoms with Crippen molar-refractivity contribution in [1.29, 1.82) is 0 Å². The lowest BCUT2D eigenvalue weighted by molar-refractivity contribution is -0.146. The van der Waals surface area contributed by atoms with E-state index in [0.29, 0.717) is 23.1 Å². The first kappa shape index (κ1) is 22.5. The number of amides is 1. The van der Waals surface area contributed by atoms with Gasteiger partial charge in [0.1, 0.15) is 0 Å². The number of nitrogens with zero attached hydrogens (tertiary/aromatic N) is 4. The molecule has 168 valence electrons. The van der Waals surface area contributed by atoms with E-state index < -0.39 is 17.3 Å². The third-order valence-electron chi connectivity index (χ3n) is 4.62. The maximum Gasteiger partial charge on any atom is 0.409 e. The van der Waals surface area contributed by atoms with Crippen molar-refractivity contribution in [2.24, 2.45) is 0 Å². The molecule has 0 bridgehead atoms. The standard InChI is InChI=1S/C23H18F3N5OS/c24-23(25,26)19(21(32)28-18-11-5-2-6-12-18)33-22-30-29-20(17-10-7-13-27-14-17)31(22)15-16-8-3-1-4-9-16/h1-14,19H,15H2,(H,28,32). The van der Waals surface area contributed by atoms with Gasteiger partial charge in [0.05, 0.1) is 6.54 Å². The molecule has 4 rings (SSSR count). The van der Waals surface area contributed by atoms with Gasteiger partial charge in [-0.25, -0.2) is 0 Å². The van der Waals surface area contributed by atoms with Crippen LogP contribution in [0.3, 0.4) is 0 Å². The topological polar surface area (TPSA) is 72.7 Å². The van der Waals surface area contributed by atoms with Crippen LogP contribution < -0.4 is 5.32 Å². The van der Waals surface area contributed by atoms with Crippen LogP contribution in [0.1, 0.15) is 5.56 Å². The van der Waals surface area contributed by atoms with Gasteiger partial charge in [0.2, 0.25) is 5.91 Å². The second-order valence-electron chi connectivity index (χ2n) is 7.01. The number of hydrogen-bond acceptors (Lipinski definition) is 5. The quantitative estimate of drug-likeness (QED) is 0.384. The van der Waals surface area contributed by atoms with E-state index in [0.717, 1.165) is 5.56 Å². The molecule has 0 saturated heterocycles. The molecule has 10 heteroatoms. The summed E-state index contributed by atoms with van der Waals surface area (Å²) >= 11 is 0.316. The zero-order chi connectivity index (χ0) is 23.3. The van der Waals surface area contributed by atoms with Gasteiger partial charge in [0, 0.05) is 23.6 Å². The Morgan fingerprint density at radius 1 is 0.970 bits per heavy atom. The highest BCUT2D eigenvalue weighted by Crippen LogP contribution is 2.36. The van der Waals surface area contributed by atoms with Crippen LogP contribution in [0.4, 0.5) is 18.9 Å². The predicted molar refractivity (Wildman–Crippen MR) is 120 cm³/mol. The van der Waals surface area contributed by atoms with Gasteiger partial charge in [-0.15, -0.1) is 10.2 Å². The Balaban J connectivity index is 1.68. The highest BCUT2D eigenvalue weighted by atomic mass is 32.2. The molecule has 0 spiro atoms. The molecule has 0 saturated carbocycles. The fraction of sp³-hybridized carbons (Fsp3) is 0.130. The molecule has 1 amide bonds. The van der Waals surface area contributed by atoms with Gasteiger partial charge < -0.3 is 5.32 Å². The number of nitrogens with one attached hydrogen (secondary N) is 1. The molecule has 2 aromatic carbocycles. The molecule has 1 unspecified atom stereocenters. The summed E-state index contributed by atoms with van der Waals surface area (Å²) in [5, 5.41) is 8.04. The van der Waals surface area contributed by atoms with Crippen molar-refractivity contribution in [3.8, 4) is 11.4 Å². The predicted octanol–water partition coefficient (Wildman–Crippen LogP) is 5.05. The van der Waals surface area contributed by atoms with Crippen LogP contribution in [0, 0.1) is 0 Å². The van der Waals surface area contributed by atoms with Crippen LogP contribution >= 0.6 is 11.8 Å². The maximum absolute atomic E-state index is 13.9. The number of rotatable bonds is 7. The Hall–Kier alpha value is -3.66. The van der Waals surface area contributed by atoms with Crippen LogP contribution in [0.25, 0.3) is 11.4 Å². The van der Waals surface area contributed by atoms with Crippen molar-refractivity contribution >= 4 is 23.4 Å². The van der Waals surface area contributed by atoms with Gasteiger partial charge in [0.15, 0.2) is 16.2 Å². The first-order valence-corrected chi connectivity index (χ1v) is 10.8. The third-order valence-corrected chi connectivity index (χ3v) is 5.85. The Morgan fingerprint density at radius 3 is 2.30 bits per heavy atom. The molecule has 0 aliphatic rings. The normalized spacial score (nSPS) is 12.3. The highest BCUT2D eigenvalue weighted by molar-refractivity contribution is 8.00. The SMILES string of the molecule is O=C(Nc1ccccc1)C(Sc1nnc(-c2cccnc2)n1Cc1ccccc1)C(F)(F)F. The second-order valence-corrected chi connectivity index (χ2v) is 8.09. The van der Waals surface area contributed by atoms with Gasteiger partial charge in [-0.1, -0.05) is 60.3 Å². The maximum atomic E-state index is 13.9. The molecule has 1 N–H and O–H groups in total. The summed E-state index contributed by atoms with van der Waals surface area (Å²) < 4.78 is 43.3. The van der Waals surface area contributed by atoms with Crippen LogP contribution in [-0.2, 0) is 11.3 Å². The zero-order valence-corrected chi connectivity index (χ0v) is 17.9. The van der Waals surface area contributed by atoms with Crippen molar-refractivity contribution < 1.29 is 18.0 Å². The molecular formula is C23H18F3N5OS. The molecule has 2 heterocycles. The van der Waals surface area contributed by atoms with E-state index in [1.54, 1.807) is 47.3 Å². The van der Waals surface area contributed by atoms with Crippen LogP contribution in [-0.4, -0.2) is 37.1 Å². The van der Waals surface area contributed by atoms with Gasteiger partial charge in [-0.2, -0.15) is 13.2 Å². The molecule has 33 heavy (non-hydrogen) atoms. The minimum absolute atomic E-state index is 0.0248. The summed E-state index contributed by atoms with van der Waals surface area (Å²) in [5.74, 6) is -0.824. The zero-order valence-electron chi connectivity index (χ0n) is 17.1. The molecule has 0 radical (unpaired) electrons. The highest BCUT2D eigenvalue weighted by Gasteiger charge is 2.47. The summed E-state index contributed by atoms with van der Waals surface area (Å²) in [7, 11) is 0. The van der Waals surface area contributed by atoms with Crippen LogP contribution in [0.5, 0.6) is 0 Å². The number of halogens is 3. The number of benzene rings is 2.